The number of aromatic amines is 1. The fourth-order valence-electron chi connectivity index (χ4n) is 1.54. The summed E-state index contributed by atoms with van der Waals surface area (Å²) in [6.07, 6.45) is 2.51. The summed E-state index contributed by atoms with van der Waals surface area (Å²) >= 11 is 6.72. The van der Waals surface area contributed by atoms with Crippen molar-refractivity contribution in [3.05, 3.63) is 27.3 Å². The zero-order chi connectivity index (χ0) is 10.3. The maximum Gasteiger partial charge on any atom is 0.158 e. The minimum Gasteiger partial charge on any atom is -0.342 e. The Morgan fingerprint density at radius 2 is 2.33 bits per heavy atom. The van der Waals surface area contributed by atoms with Crippen LogP contribution in [0.25, 0.3) is 11.5 Å². The number of hydrogen-bond acceptors (Lipinski definition) is 4. The first-order valence-electron chi connectivity index (χ1n) is 4.83. The van der Waals surface area contributed by atoms with Crippen LogP contribution in [0, 0.1) is 4.64 Å². The Morgan fingerprint density at radius 1 is 1.47 bits per heavy atom. The van der Waals surface area contributed by atoms with E-state index in [0.717, 1.165) is 11.5 Å². The van der Waals surface area contributed by atoms with Crippen molar-refractivity contribution in [2.45, 2.75) is 18.8 Å². The summed E-state index contributed by atoms with van der Waals surface area (Å²) < 4.78 is 0.652. The van der Waals surface area contributed by atoms with Crippen molar-refractivity contribution < 1.29 is 0 Å². The first kappa shape index (κ1) is 9.18. The van der Waals surface area contributed by atoms with Crippen LogP contribution in [-0.4, -0.2) is 15.0 Å². The molecular weight excluding hydrogens is 226 g/mol. The Hall–Kier alpha value is -1.07. The SMILES string of the molecule is S=c1cc(C2CC2)[nH]c(-c2cscn2)n1. The molecule has 2 aromatic heterocycles. The molecule has 2 aromatic rings. The van der Waals surface area contributed by atoms with Crippen molar-refractivity contribution in [3.63, 3.8) is 0 Å². The molecule has 1 aliphatic carbocycles. The molecule has 1 saturated carbocycles. The van der Waals surface area contributed by atoms with E-state index < -0.39 is 0 Å². The largest absolute Gasteiger partial charge is 0.342 e. The van der Waals surface area contributed by atoms with E-state index in [4.69, 9.17) is 12.2 Å². The van der Waals surface area contributed by atoms with Gasteiger partial charge in [-0.2, -0.15) is 0 Å². The van der Waals surface area contributed by atoms with Crippen LogP contribution in [0.1, 0.15) is 24.5 Å². The summed E-state index contributed by atoms with van der Waals surface area (Å²) in [6.45, 7) is 0. The third-order valence-corrected chi connectivity index (χ3v) is 3.25. The van der Waals surface area contributed by atoms with Gasteiger partial charge in [0, 0.05) is 11.1 Å². The molecule has 0 atom stereocenters. The molecule has 3 nitrogen and oxygen atoms in total. The van der Waals surface area contributed by atoms with Gasteiger partial charge >= 0.3 is 0 Å². The van der Waals surface area contributed by atoms with E-state index in [1.165, 1.54) is 18.5 Å². The van der Waals surface area contributed by atoms with Gasteiger partial charge < -0.3 is 4.98 Å². The highest BCUT2D eigenvalue weighted by Crippen LogP contribution is 2.39. The topological polar surface area (TPSA) is 41.6 Å². The zero-order valence-corrected chi connectivity index (χ0v) is 9.57. The average molecular weight is 235 g/mol. The molecule has 2 heterocycles. The van der Waals surface area contributed by atoms with Crippen LogP contribution in [0.4, 0.5) is 0 Å². The first-order chi connectivity index (χ1) is 7.33. The minimum absolute atomic E-state index is 0.652. The number of hydrogen-bond donors (Lipinski definition) is 1. The van der Waals surface area contributed by atoms with Crippen LogP contribution in [0.2, 0.25) is 0 Å². The first-order valence-corrected chi connectivity index (χ1v) is 6.18. The number of rotatable bonds is 2. The average Bonchev–Trinajstić information content (AvgIpc) is 2.93. The summed E-state index contributed by atoms with van der Waals surface area (Å²) in [4.78, 5) is 11.8. The molecule has 0 aromatic carbocycles. The quantitative estimate of drug-likeness (QED) is 0.813. The van der Waals surface area contributed by atoms with Gasteiger partial charge in [0.15, 0.2) is 5.82 Å². The second-order valence-electron chi connectivity index (χ2n) is 3.67. The zero-order valence-electron chi connectivity index (χ0n) is 7.93. The molecule has 3 rings (SSSR count). The van der Waals surface area contributed by atoms with Gasteiger partial charge in [-0.1, -0.05) is 12.2 Å². The van der Waals surface area contributed by atoms with Gasteiger partial charge in [0.25, 0.3) is 0 Å². The van der Waals surface area contributed by atoms with E-state index in [2.05, 4.69) is 15.0 Å². The molecule has 0 bridgehead atoms. The molecule has 1 aliphatic rings. The second-order valence-corrected chi connectivity index (χ2v) is 4.81. The second kappa shape index (κ2) is 3.50. The molecule has 5 heteroatoms. The van der Waals surface area contributed by atoms with E-state index in [-0.39, 0.29) is 0 Å². The summed E-state index contributed by atoms with van der Waals surface area (Å²) in [5, 5.41) is 1.98. The van der Waals surface area contributed by atoms with Crippen LogP contribution in [0.5, 0.6) is 0 Å². The summed E-state index contributed by atoms with van der Waals surface area (Å²) in [5.41, 5.74) is 3.89. The van der Waals surface area contributed by atoms with Crippen molar-refractivity contribution >= 4 is 23.6 Å². The number of H-pyrrole nitrogens is 1. The van der Waals surface area contributed by atoms with E-state index in [9.17, 15) is 0 Å². The molecule has 0 spiro atoms. The van der Waals surface area contributed by atoms with Crippen LogP contribution in [0.15, 0.2) is 17.0 Å². The minimum atomic E-state index is 0.652. The van der Waals surface area contributed by atoms with Gasteiger partial charge in [-0.25, -0.2) is 9.97 Å². The lowest BCUT2D eigenvalue weighted by molar-refractivity contribution is 0.983. The number of thiazole rings is 1. The lowest BCUT2D eigenvalue weighted by atomic mass is 10.3. The Morgan fingerprint density at radius 3 is 3.00 bits per heavy atom. The van der Waals surface area contributed by atoms with Gasteiger partial charge in [-0.15, -0.1) is 11.3 Å². The Bertz CT molecular complexity index is 526. The molecule has 0 saturated heterocycles. The predicted octanol–water partition coefficient (Wildman–Crippen LogP) is 3.14. The number of nitrogens with zero attached hydrogens (tertiary/aromatic N) is 2. The fourth-order valence-corrected chi connectivity index (χ4v) is 2.30. The van der Waals surface area contributed by atoms with Gasteiger partial charge in [0.2, 0.25) is 0 Å². The van der Waals surface area contributed by atoms with Gasteiger partial charge in [0.1, 0.15) is 10.3 Å². The molecule has 1 N–H and O–H groups in total. The van der Waals surface area contributed by atoms with Crippen LogP contribution in [0.3, 0.4) is 0 Å². The molecule has 76 valence electrons. The summed E-state index contributed by atoms with van der Waals surface area (Å²) in [7, 11) is 0. The van der Waals surface area contributed by atoms with Crippen molar-refractivity contribution in [1.82, 2.24) is 15.0 Å². The highest BCUT2D eigenvalue weighted by Gasteiger charge is 2.24. The van der Waals surface area contributed by atoms with E-state index in [0.29, 0.717) is 10.6 Å². The van der Waals surface area contributed by atoms with Crippen LogP contribution >= 0.6 is 23.6 Å². The normalized spacial score (nSPS) is 15.5. The van der Waals surface area contributed by atoms with E-state index >= 15 is 0 Å². The van der Waals surface area contributed by atoms with Crippen LogP contribution in [-0.2, 0) is 0 Å². The molecule has 0 unspecified atom stereocenters. The summed E-state index contributed by atoms with van der Waals surface area (Å²) in [6, 6.07) is 1.96. The maximum absolute atomic E-state index is 5.15. The number of aromatic nitrogens is 3. The highest BCUT2D eigenvalue weighted by molar-refractivity contribution is 7.71. The van der Waals surface area contributed by atoms with Crippen molar-refractivity contribution in [3.8, 4) is 11.5 Å². The molecule has 0 radical (unpaired) electrons. The molecule has 15 heavy (non-hydrogen) atoms. The predicted molar refractivity (Wildman–Crippen MR) is 62.5 cm³/mol. The monoisotopic (exact) mass is 235 g/mol. The van der Waals surface area contributed by atoms with Crippen molar-refractivity contribution in [1.29, 1.82) is 0 Å². The van der Waals surface area contributed by atoms with Crippen LogP contribution < -0.4 is 0 Å². The van der Waals surface area contributed by atoms with Crippen molar-refractivity contribution in [2.75, 3.05) is 0 Å². The standard InChI is InChI=1S/C10H9N3S2/c14-9-3-7(6-1-2-6)12-10(13-9)8-4-15-5-11-8/h3-6H,1-2H2,(H,12,13,14). The van der Waals surface area contributed by atoms with E-state index in [1.807, 2.05) is 11.4 Å². The molecule has 0 amide bonds. The molecule has 0 aliphatic heterocycles. The fraction of sp³-hybridized carbons (Fsp3) is 0.300. The molecule has 1 fully saturated rings. The Labute approximate surface area is 96.2 Å². The lowest BCUT2D eigenvalue weighted by Gasteiger charge is -2.01. The summed E-state index contributed by atoms with van der Waals surface area (Å²) in [5.74, 6) is 1.46. The van der Waals surface area contributed by atoms with Gasteiger partial charge in [0.05, 0.1) is 5.51 Å². The maximum atomic E-state index is 5.15. The molecular formula is C10H9N3S2. The highest BCUT2D eigenvalue weighted by atomic mass is 32.1. The smallest absolute Gasteiger partial charge is 0.158 e. The Kier molecular flexibility index (Phi) is 2.14. The van der Waals surface area contributed by atoms with Gasteiger partial charge in [-0.05, 0) is 24.8 Å². The van der Waals surface area contributed by atoms with Crippen molar-refractivity contribution in [2.24, 2.45) is 0 Å². The third kappa shape index (κ3) is 1.85. The Balaban J connectivity index is 2.11. The van der Waals surface area contributed by atoms with E-state index in [1.54, 1.807) is 16.8 Å². The third-order valence-electron chi connectivity index (χ3n) is 2.46. The lowest BCUT2D eigenvalue weighted by Crippen LogP contribution is -1.94. The number of nitrogens with one attached hydrogen (secondary N) is 1. The van der Waals surface area contributed by atoms with Gasteiger partial charge in [-0.3, -0.25) is 0 Å².